The van der Waals surface area contributed by atoms with Gasteiger partial charge in [-0.15, -0.1) is 11.8 Å². The fraction of sp³-hybridized carbons (Fsp3) is 0.500. The molecule has 0 bridgehead atoms. The van der Waals surface area contributed by atoms with E-state index in [2.05, 4.69) is 43.4 Å². The highest BCUT2D eigenvalue weighted by Crippen LogP contribution is 2.24. The molecule has 1 N–H and O–H groups in total. The molecule has 0 saturated carbocycles. The number of nitrogens with one attached hydrogen (secondary N) is 1. The van der Waals surface area contributed by atoms with E-state index in [0.717, 1.165) is 18.7 Å². The van der Waals surface area contributed by atoms with E-state index < -0.39 is 0 Å². The van der Waals surface area contributed by atoms with E-state index in [1.807, 2.05) is 18.7 Å². The topological polar surface area (TPSA) is 35.8 Å². The standard InChI is InChI=1S/C14H20N2S/c1-4-16-13(10-15)7-8-17-14-9-11(2)5-6-12(14)3/h5-6,9,13,16H,4,7-8H2,1-3H3. The van der Waals surface area contributed by atoms with E-state index in [4.69, 9.17) is 5.26 Å². The first kappa shape index (κ1) is 14.1. The minimum absolute atomic E-state index is 0.0161. The highest BCUT2D eigenvalue weighted by Gasteiger charge is 2.06. The monoisotopic (exact) mass is 248 g/mol. The number of hydrogen-bond donors (Lipinski definition) is 1. The molecule has 0 aliphatic heterocycles. The SMILES string of the molecule is CCNC(C#N)CCSc1cc(C)ccc1C. The molecule has 0 aliphatic rings. The first-order chi connectivity index (χ1) is 8.17. The van der Waals surface area contributed by atoms with Crippen LogP contribution in [0.2, 0.25) is 0 Å². The van der Waals surface area contributed by atoms with Crippen molar-refractivity contribution in [1.82, 2.24) is 5.32 Å². The summed E-state index contributed by atoms with van der Waals surface area (Å²) in [6.07, 6.45) is 0.891. The first-order valence-corrected chi connectivity index (χ1v) is 6.99. The predicted octanol–water partition coefficient (Wildman–Crippen LogP) is 3.29. The van der Waals surface area contributed by atoms with Gasteiger partial charge >= 0.3 is 0 Å². The van der Waals surface area contributed by atoms with Crippen LogP contribution in [0, 0.1) is 25.2 Å². The summed E-state index contributed by atoms with van der Waals surface area (Å²) in [5, 5.41) is 12.1. The molecule has 3 heteroatoms. The number of nitriles is 1. The molecule has 1 aromatic rings. The lowest BCUT2D eigenvalue weighted by Crippen LogP contribution is -2.27. The number of nitrogens with zero attached hydrogens (tertiary/aromatic N) is 1. The lowest BCUT2D eigenvalue weighted by molar-refractivity contribution is 0.613. The van der Waals surface area contributed by atoms with E-state index >= 15 is 0 Å². The van der Waals surface area contributed by atoms with Crippen LogP contribution in [0.3, 0.4) is 0 Å². The van der Waals surface area contributed by atoms with Crippen LogP contribution in [0.4, 0.5) is 0 Å². The van der Waals surface area contributed by atoms with Gasteiger partial charge in [0, 0.05) is 10.6 Å². The quantitative estimate of drug-likeness (QED) is 0.785. The van der Waals surface area contributed by atoms with Gasteiger partial charge in [-0.3, -0.25) is 0 Å². The van der Waals surface area contributed by atoms with Gasteiger partial charge in [-0.25, -0.2) is 0 Å². The lowest BCUT2D eigenvalue weighted by Gasteiger charge is -2.10. The molecule has 0 spiro atoms. The van der Waals surface area contributed by atoms with Gasteiger partial charge in [-0.05, 0) is 38.4 Å². The highest BCUT2D eigenvalue weighted by molar-refractivity contribution is 7.99. The number of thioether (sulfide) groups is 1. The Morgan fingerprint density at radius 2 is 2.18 bits per heavy atom. The van der Waals surface area contributed by atoms with Crippen LogP contribution in [-0.2, 0) is 0 Å². The third-order valence-corrected chi connectivity index (χ3v) is 3.80. The van der Waals surface area contributed by atoms with Crippen molar-refractivity contribution in [1.29, 1.82) is 5.26 Å². The molecule has 0 fully saturated rings. The van der Waals surface area contributed by atoms with Crippen molar-refractivity contribution in [3.05, 3.63) is 29.3 Å². The normalized spacial score (nSPS) is 12.1. The smallest absolute Gasteiger partial charge is 0.0960 e. The molecule has 1 unspecified atom stereocenters. The molecule has 0 saturated heterocycles. The number of benzene rings is 1. The molecular weight excluding hydrogens is 228 g/mol. The Balaban J connectivity index is 2.45. The van der Waals surface area contributed by atoms with Crippen molar-refractivity contribution in [2.75, 3.05) is 12.3 Å². The van der Waals surface area contributed by atoms with Gasteiger partial charge < -0.3 is 5.32 Å². The molecule has 0 amide bonds. The van der Waals surface area contributed by atoms with Gasteiger partial charge in [-0.1, -0.05) is 24.6 Å². The summed E-state index contributed by atoms with van der Waals surface area (Å²) in [5.41, 5.74) is 2.61. The van der Waals surface area contributed by atoms with E-state index in [1.165, 1.54) is 16.0 Å². The highest BCUT2D eigenvalue weighted by atomic mass is 32.2. The average Bonchev–Trinajstić information content (AvgIpc) is 2.32. The van der Waals surface area contributed by atoms with Crippen molar-refractivity contribution in [3.63, 3.8) is 0 Å². The molecule has 17 heavy (non-hydrogen) atoms. The van der Waals surface area contributed by atoms with Crippen molar-refractivity contribution < 1.29 is 0 Å². The second-order valence-electron chi connectivity index (χ2n) is 4.15. The van der Waals surface area contributed by atoms with Crippen LogP contribution in [0.25, 0.3) is 0 Å². The zero-order valence-electron chi connectivity index (χ0n) is 10.8. The summed E-state index contributed by atoms with van der Waals surface area (Å²) in [7, 11) is 0. The van der Waals surface area contributed by atoms with Crippen LogP contribution in [0.1, 0.15) is 24.5 Å². The van der Waals surface area contributed by atoms with Crippen LogP contribution in [0.15, 0.2) is 23.1 Å². The van der Waals surface area contributed by atoms with Crippen LogP contribution < -0.4 is 5.32 Å². The molecule has 92 valence electrons. The maximum atomic E-state index is 8.93. The van der Waals surface area contributed by atoms with Gasteiger partial charge in [0.2, 0.25) is 0 Å². The van der Waals surface area contributed by atoms with Gasteiger partial charge in [0.25, 0.3) is 0 Å². The van der Waals surface area contributed by atoms with Crippen molar-refractivity contribution in [3.8, 4) is 6.07 Å². The zero-order valence-corrected chi connectivity index (χ0v) is 11.6. The minimum atomic E-state index is -0.0161. The fourth-order valence-corrected chi connectivity index (χ4v) is 2.75. The summed E-state index contributed by atoms with van der Waals surface area (Å²) < 4.78 is 0. The molecule has 0 radical (unpaired) electrons. The Kier molecular flexibility index (Phi) is 6.10. The number of rotatable bonds is 6. The minimum Gasteiger partial charge on any atom is -0.302 e. The molecular formula is C14H20N2S. The molecule has 1 aromatic carbocycles. The van der Waals surface area contributed by atoms with E-state index in [1.54, 1.807) is 0 Å². The van der Waals surface area contributed by atoms with E-state index in [0.29, 0.717) is 0 Å². The van der Waals surface area contributed by atoms with Crippen LogP contribution >= 0.6 is 11.8 Å². The lowest BCUT2D eigenvalue weighted by atomic mass is 10.2. The van der Waals surface area contributed by atoms with Crippen molar-refractivity contribution >= 4 is 11.8 Å². The zero-order chi connectivity index (χ0) is 12.7. The second kappa shape index (κ2) is 7.37. The summed E-state index contributed by atoms with van der Waals surface area (Å²) in [4.78, 5) is 1.33. The largest absolute Gasteiger partial charge is 0.302 e. The maximum absolute atomic E-state index is 8.93. The Labute approximate surface area is 108 Å². The average molecular weight is 248 g/mol. The van der Waals surface area contributed by atoms with Crippen LogP contribution in [0.5, 0.6) is 0 Å². The molecule has 0 aromatic heterocycles. The summed E-state index contributed by atoms with van der Waals surface area (Å²) in [5.74, 6) is 0.982. The molecule has 0 aliphatic carbocycles. The predicted molar refractivity (Wildman–Crippen MR) is 74.3 cm³/mol. The number of aryl methyl sites for hydroxylation is 2. The molecule has 1 atom stereocenters. The second-order valence-corrected chi connectivity index (χ2v) is 5.28. The molecule has 2 nitrogen and oxygen atoms in total. The summed E-state index contributed by atoms with van der Waals surface area (Å²) >= 11 is 1.84. The third kappa shape index (κ3) is 4.80. The van der Waals surface area contributed by atoms with Crippen LogP contribution in [-0.4, -0.2) is 18.3 Å². The molecule has 1 rings (SSSR count). The van der Waals surface area contributed by atoms with Gasteiger partial charge in [0.05, 0.1) is 12.1 Å². The van der Waals surface area contributed by atoms with Gasteiger partial charge in [0.15, 0.2) is 0 Å². The van der Waals surface area contributed by atoms with E-state index in [-0.39, 0.29) is 6.04 Å². The van der Waals surface area contributed by atoms with Gasteiger partial charge in [-0.2, -0.15) is 5.26 Å². The molecule has 0 heterocycles. The number of hydrogen-bond acceptors (Lipinski definition) is 3. The van der Waals surface area contributed by atoms with Crippen molar-refractivity contribution in [2.24, 2.45) is 0 Å². The Bertz CT molecular complexity index is 396. The third-order valence-electron chi connectivity index (χ3n) is 2.61. The van der Waals surface area contributed by atoms with Gasteiger partial charge in [0.1, 0.15) is 0 Å². The van der Waals surface area contributed by atoms with E-state index in [9.17, 15) is 0 Å². The Morgan fingerprint density at radius 3 is 2.82 bits per heavy atom. The first-order valence-electron chi connectivity index (χ1n) is 6.00. The maximum Gasteiger partial charge on any atom is 0.0960 e. The summed E-state index contributed by atoms with van der Waals surface area (Å²) in [6, 6.07) is 8.78. The summed E-state index contributed by atoms with van der Waals surface area (Å²) in [6.45, 7) is 7.13. The Morgan fingerprint density at radius 1 is 1.41 bits per heavy atom. The van der Waals surface area contributed by atoms with Crippen molar-refractivity contribution in [2.45, 2.75) is 38.1 Å². The fourth-order valence-electron chi connectivity index (χ4n) is 1.61. The Hall–Kier alpha value is -0.980.